The van der Waals surface area contributed by atoms with Crippen LogP contribution in [-0.2, 0) is 14.6 Å². The van der Waals surface area contributed by atoms with Crippen LogP contribution >= 0.6 is 11.6 Å². The van der Waals surface area contributed by atoms with Crippen LogP contribution in [0.15, 0.2) is 47.5 Å². The van der Waals surface area contributed by atoms with Crippen molar-refractivity contribution in [3.8, 4) is 5.75 Å². The SMILES string of the molecule is CS(=O)(=O)c1ccc(OC2CCC(OC3CCN(c4ccc(Cl)cn4)CC3)CC2)cc1. The van der Waals surface area contributed by atoms with Gasteiger partial charge in [0.15, 0.2) is 9.84 Å². The van der Waals surface area contributed by atoms with Crippen molar-refractivity contribution < 1.29 is 17.9 Å². The Morgan fingerprint density at radius 3 is 2.10 bits per heavy atom. The van der Waals surface area contributed by atoms with Gasteiger partial charge in [-0.1, -0.05) is 11.6 Å². The number of pyridine rings is 1. The summed E-state index contributed by atoms with van der Waals surface area (Å²) in [6.07, 6.45) is 9.55. The summed E-state index contributed by atoms with van der Waals surface area (Å²) in [5.41, 5.74) is 0. The van der Waals surface area contributed by atoms with E-state index in [4.69, 9.17) is 21.1 Å². The van der Waals surface area contributed by atoms with Crippen LogP contribution in [0.1, 0.15) is 38.5 Å². The van der Waals surface area contributed by atoms with Gasteiger partial charge in [-0.2, -0.15) is 0 Å². The van der Waals surface area contributed by atoms with E-state index >= 15 is 0 Å². The van der Waals surface area contributed by atoms with Crippen molar-refractivity contribution in [2.75, 3.05) is 24.2 Å². The number of rotatable bonds is 6. The third-order valence-electron chi connectivity index (χ3n) is 6.04. The molecule has 0 spiro atoms. The Morgan fingerprint density at radius 1 is 0.903 bits per heavy atom. The van der Waals surface area contributed by atoms with E-state index in [1.165, 1.54) is 6.26 Å². The Hall–Kier alpha value is -1.83. The number of hydrogen-bond acceptors (Lipinski definition) is 6. The lowest BCUT2D eigenvalue weighted by atomic mass is 9.94. The summed E-state index contributed by atoms with van der Waals surface area (Å²) in [5, 5.41) is 0.660. The molecule has 1 aromatic carbocycles. The number of aromatic nitrogens is 1. The molecular formula is C23H29ClN2O4S. The molecule has 1 aliphatic heterocycles. The standard InChI is InChI=1S/C23H29ClN2O4S/c1-31(27,28)22-9-7-20(8-10-22)29-18-3-5-19(6-4-18)30-21-12-14-26(15-13-21)23-11-2-17(24)16-25-23/h2,7-11,16,18-19,21H,3-6,12-15H2,1H3. The first kappa shape index (κ1) is 22.4. The number of benzene rings is 1. The molecule has 6 nitrogen and oxygen atoms in total. The molecule has 168 valence electrons. The molecule has 2 aromatic rings. The molecule has 1 saturated heterocycles. The van der Waals surface area contributed by atoms with Crippen molar-refractivity contribution in [1.82, 2.24) is 4.98 Å². The summed E-state index contributed by atoms with van der Waals surface area (Å²) >= 11 is 5.93. The number of nitrogens with zero attached hydrogens (tertiary/aromatic N) is 2. The molecule has 0 atom stereocenters. The summed E-state index contributed by atoms with van der Waals surface area (Å²) in [5.74, 6) is 1.70. The van der Waals surface area contributed by atoms with Crippen LogP contribution in [0.5, 0.6) is 5.75 Å². The fourth-order valence-corrected chi connectivity index (χ4v) is 5.03. The zero-order chi connectivity index (χ0) is 21.8. The molecule has 2 heterocycles. The molecular weight excluding hydrogens is 436 g/mol. The number of sulfone groups is 1. The molecule has 0 unspecified atom stereocenters. The van der Waals surface area contributed by atoms with Crippen LogP contribution in [0, 0.1) is 0 Å². The maximum Gasteiger partial charge on any atom is 0.175 e. The molecule has 2 fully saturated rings. The highest BCUT2D eigenvalue weighted by atomic mass is 35.5. The number of piperidine rings is 1. The topological polar surface area (TPSA) is 68.7 Å². The second-order valence-corrected chi connectivity index (χ2v) is 10.9. The lowest BCUT2D eigenvalue weighted by Crippen LogP contribution is -2.40. The van der Waals surface area contributed by atoms with Crippen molar-refractivity contribution in [3.05, 3.63) is 47.6 Å². The first-order chi connectivity index (χ1) is 14.9. The Morgan fingerprint density at radius 2 is 1.52 bits per heavy atom. The van der Waals surface area contributed by atoms with Gasteiger partial charge < -0.3 is 14.4 Å². The summed E-state index contributed by atoms with van der Waals surface area (Å²) in [7, 11) is -3.18. The molecule has 4 rings (SSSR count). The normalized spacial score (nSPS) is 23.0. The Bertz CT molecular complexity index is 950. The van der Waals surface area contributed by atoms with Gasteiger partial charge in [0.2, 0.25) is 0 Å². The summed E-state index contributed by atoms with van der Waals surface area (Å²) < 4.78 is 35.6. The largest absolute Gasteiger partial charge is 0.490 e. The van der Waals surface area contributed by atoms with E-state index in [0.717, 1.165) is 63.2 Å². The van der Waals surface area contributed by atoms with Crippen molar-refractivity contribution in [3.63, 3.8) is 0 Å². The van der Waals surface area contributed by atoms with Gasteiger partial charge in [0, 0.05) is 25.5 Å². The molecule has 0 radical (unpaired) electrons. The van der Waals surface area contributed by atoms with E-state index in [0.29, 0.717) is 16.0 Å². The second kappa shape index (κ2) is 9.76. The molecule has 8 heteroatoms. The van der Waals surface area contributed by atoms with Gasteiger partial charge in [0.1, 0.15) is 11.6 Å². The monoisotopic (exact) mass is 464 g/mol. The molecule has 0 amide bonds. The van der Waals surface area contributed by atoms with Gasteiger partial charge in [-0.15, -0.1) is 0 Å². The highest BCUT2D eigenvalue weighted by Gasteiger charge is 2.28. The van der Waals surface area contributed by atoms with E-state index in [9.17, 15) is 8.42 Å². The summed E-state index contributed by atoms with van der Waals surface area (Å²) in [6.45, 7) is 1.89. The Labute approximate surface area is 189 Å². The molecule has 1 aromatic heterocycles. The summed E-state index contributed by atoms with van der Waals surface area (Å²) in [4.78, 5) is 7.01. The predicted molar refractivity (Wildman–Crippen MR) is 122 cm³/mol. The average molecular weight is 465 g/mol. The molecule has 31 heavy (non-hydrogen) atoms. The fraction of sp³-hybridized carbons (Fsp3) is 0.522. The fourth-order valence-electron chi connectivity index (χ4n) is 4.29. The van der Waals surface area contributed by atoms with Gasteiger partial charge in [0.25, 0.3) is 0 Å². The number of halogens is 1. The van der Waals surface area contributed by atoms with E-state index in [-0.39, 0.29) is 12.2 Å². The second-order valence-electron chi connectivity index (χ2n) is 8.42. The third-order valence-corrected chi connectivity index (χ3v) is 7.39. The first-order valence-electron chi connectivity index (χ1n) is 10.9. The zero-order valence-electron chi connectivity index (χ0n) is 17.7. The van der Waals surface area contributed by atoms with Crippen molar-refractivity contribution in [1.29, 1.82) is 0 Å². The number of hydrogen-bond donors (Lipinski definition) is 0. The van der Waals surface area contributed by atoms with Crippen LogP contribution in [-0.4, -0.2) is 51.1 Å². The van der Waals surface area contributed by atoms with Crippen LogP contribution < -0.4 is 9.64 Å². The zero-order valence-corrected chi connectivity index (χ0v) is 19.3. The minimum Gasteiger partial charge on any atom is -0.490 e. The van der Waals surface area contributed by atoms with E-state index in [1.54, 1.807) is 30.5 Å². The quantitative estimate of drug-likeness (QED) is 0.626. The van der Waals surface area contributed by atoms with Crippen molar-refractivity contribution >= 4 is 27.3 Å². The minimum absolute atomic E-state index is 0.154. The van der Waals surface area contributed by atoms with Gasteiger partial charge in [-0.05, 0) is 74.9 Å². The highest BCUT2D eigenvalue weighted by molar-refractivity contribution is 7.90. The number of ether oxygens (including phenoxy) is 2. The van der Waals surface area contributed by atoms with Crippen LogP contribution in [0.2, 0.25) is 5.02 Å². The Kier molecular flexibility index (Phi) is 7.04. The lowest BCUT2D eigenvalue weighted by Gasteiger charge is -2.36. The number of anilines is 1. The first-order valence-corrected chi connectivity index (χ1v) is 13.1. The lowest BCUT2D eigenvalue weighted by molar-refractivity contribution is -0.0527. The van der Waals surface area contributed by atoms with Gasteiger partial charge in [-0.3, -0.25) is 0 Å². The third kappa shape index (κ3) is 6.11. The average Bonchev–Trinajstić information content (AvgIpc) is 2.76. The molecule has 1 saturated carbocycles. The van der Waals surface area contributed by atoms with E-state index in [1.807, 2.05) is 12.1 Å². The van der Waals surface area contributed by atoms with Gasteiger partial charge >= 0.3 is 0 Å². The van der Waals surface area contributed by atoms with Crippen LogP contribution in [0.25, 0.3) is 0 Å². The van der Waals surface area contributed by atoms with Gasteiger partial charge in [-0.25, -0.2) is 13.4 Å². The predicted octanol–water partition coefficient (Wildman–Crippen LogP) is 4.51. The molecule has 0 N–H and O–H groups in total. The van der Waals surface area contributed by atoms with E-state index < -0.39 is 9.84 Å². The molecule has 0 bridgehead atoms. The Balaban J connectivity index is 1.19. The van der Waals surface area contributed by atoms with Crippen LogP contribution in [0.3, 0.4) is 0 Å². The maximum atomic E-state index is 11.6. The van der Waals surface area contributed by atoms with E-state index in [2.05, 4.69) is 9.88 Å². The summed E-state index contributed by atoms with van der Waals surface area (Å²) in [6, 6.07) is 10.5. The van der Waals surface area contributed by atoms with Crippen LogP contribution in [0.4, 0.5) is 5.82 Å². The maximum absolute atomic E-state index is 11.6. The molecule has 2 aliphatic rings. The smallest absolute Gasteiger partial charge is 0.175 e. The van der Waals surface area contributed by atoms with Gasteiger partial charge in [0.05, 0.1) is 28.2 Å². The minimum atomic E-state index is -3.18. The van der Waals surface area contributed by atoms with Crippen molar-refractivity contribution in [2.24, 2.45) is 0 Å². The van der Waals surface area contributed by atoms with Crippen molar-refractivity contribution in [2.45, 2.75) is 61.7 Å². The highest BCUT2D eigenvalue weighted by Crippen LogP contribution is 2.29. The molecule has 1 aliphatic carbocycles.